The minimum Gasteiger partial charge on any atom is -0.464 e. The topological polar surface area (TPSA) is 152 Å². The lowest BCUT2D eigenvalue weighted by molar-refractivity contribution is 0.0582. The molecule has 0 aromatic carbocycles. The maximum Gasteiger partial charge on any atom is 0.426 e. The molecule has 0 saturated carbocycles. The second kappa shape index (κ2) is 9.80. The van der Waals surface area contributed by atoms with Crippen molar-refractivity contribution in [2.45, 2.75) is 45.1 Å². The lowest BCUT2D eigenvalue weighted by Crippen LogP contribution is -2.44. The van der Waals surface area contributed by atoms with Crippen LogP contribution in [0, 0.1) is 0 Å². The predicted molar refractivity (Wildman–Crippen MR) is 126 cm³/mol. The van der Waals surface area contributed by atoms with Gasteiger partial charge < -0.3 is 19.5 Å². The summed E-state index contributed by atoms with van der Waals surface area (Å²) in [6.45, 7) is 8.38. The first-order chi connectivity index (χ1) is 15.7. The molecule has 2 aromatic heterocycles. The average molecular weight is 514 g/mol. The van der Waals surface area contributed by atoms with E-state index in [1.807, 2.05) is 11.8 Å². The zero-order valence-electron chi connectivity index (χ0n) is 19.5. The number of hydrogen-bond donors (Lipinski definition) is 1. The van der Waals surface area contributed by atoms with Gasteiger partial charge in [0, 0.05) is 18.9 Å². The summed E-state index contributed by atoms with van der Waals surface area (Å²) >= 11 is 0.875. The Bertz CT molecular complexity index is 1180. The Balaban J connectivity index is 2.02. The number of carbonyl (C=O) groups is 2. The van der Waals surface area contributed by atoms with E-state index in [0.29, 0.717) is 41.0 Å². The molecule has 2 aromatic rings. The van der Waals surface area contributed by atoms with Gasteiger partial charge in [0.1, 0.15) is 11.4 Å². The highest BCUT2D eigenvalue weighted by molar-refractivity contribution is 7.89. The first-order valence-corrected chi connectivity index (χ1v) is 13.2. The molecule has 1 saturated heterocycles. The van der Waals surface area contributed by atoms with Gasteiger partial charge in [0.05, 0.1) is 41.8 Å². The molecule has 12 nitrogen and oxygen atoms in total. The van der Waals surface area contributed by atoms with E-state index < -0.39 is 27.6 Å². The van der Waals surface area contributed by atoms with Gasteiger partial charge in [-0.2, -0.15) is 4.90 Å². The number of rotatable bonds is 5. The van der Waals surface area contributed by atoms with Crippen LogP contribution in [0.1, 0.15) is 33.4 Å². The van der Waals surface area contributed by atoms with Crippen molar-refractivity contribution in [1.82, 2.24) is 15.0 Å². The van der Waals surface area contributed by atoms with Crippen LogP contribution in [0.5, 0.6) is 0 Å². The zero-order valence-corrected chi connectivity index (χ0v) is 21.1. The van der Waals surface area contributed by atoms with Crippen LogP contribution >= 0.6 is 11.3 Å². The number of thiazole rings is 1. The fourth-order valence-corrected chi connectivity index (χ4v) is 4.69. The Morgan fingerprint density at radius 1 is 1.35 bits per heavy atom. The molecule has 0 spiro atoms. The fourth-order valence-electron chi connectivity index (χ4n) is 3.17. The number of anilines is 2. The van der Waals surface area contributed by atoms with Crippen LogP contribution in [0.4, 0.5) is 20.5 Å². The van der Waals surface area contributed by atoms with Gasteiger partial charge in [0.25, 0.3) is 0 Å². The van der Waals surface area contributed by atoms with Gasteiger partial charge >= 0.3 is 12.2 Å². The van der Waals surface area contributed by atoms with Gasteiger partial charge in [-0.05, 0) is 27.7 Å². The number of nitrogens with zero attached hydrogens (tertiary/aromatic N) is 5. The van der Waals surface area contributed by atoms with E-state index in [4.69, 9.17) is 9.47 Å². The van der Waals surface area contributed by atoms with Crippen molar-refractivity contribution in [2.24, 2.45) is 0 Å². The molecule has 0 bridgehead atoms. The summed E-state index contributed by atoms with van der Waals surface area (Å²) in [5.74, 6) is 0.406. The SMILES string of the molecule is C[C@H]1COCCN1c1cc(CS(C)(=O)=O)nc(-c2cnc(N(C(=O)O)C(=O)OC(C)(C)C)s2)n1. The number of aromatic nitrogens is 3. The van der Waals surface area contributed by atoms with Crippen LogP contribution in [0.15, 0.2) is 12.3 Å². The Hall–Kier alpha value is -2.84. The third-order valence-electron chi connectivity index (χ3n) is 4.51. The number of amides is 2. The lowest BCUT2D eigenvalue weighted by atomic mass is 10.2. The average Bonchev–Trinajstić information content (AvgIpc) is 3.14. The van der Waals surface area contributed by atoms with Gasteiger partial charge in [-0.15, -0.1) is 0 Å². The lowest BCUT2D eigenvalue weighted by Gasteiger charge is -2.34. The quantitative estimate of drug-likeness (QED) is 0.628. The number of sulfone groups is 1. The molecular weight excluding hydrogens is 486 g/mol. The summed E-state index contributed by atoms with van der Waals surface area (Å²) in [5, 5.41) is 9.42. The molecule has 1 atom stereocenters. The van der Waals surface area contributed by atoms with Crippen LogP contribution in [-0.4, -0.2) is 78.3 Å². The second-order valence-electron chi connectivity index (χ2n) is 8.83. The van der Waals surface area contributed by atoms with E-state index in [9.17, 15) is 23.1 Å². The smallest absolute Gasteiger partial charge is 0.426 e. The Kier molecular flexibility index (Phi) is 7.43. The highest BCUT2D eigenvalue weighted by Gasteiger charge is 2.31. The van der Waals surface area contributed by atoms with E-state index in [2.05, 4.69) is 15.0 Å². The predicted octanol–water partition coefficient (Wildman–Crippen LogP) is 2.79. The van der Waals surface area contributed by atoms with E-state index in [-0.39, 0.29) is 22.8 Å². The van der Waals surface area contributed by atoms with Crippen molar-refractivity contribution < 1.29 is 32.6 Å². The molecule has 1 aliphatic rings. The molecule has 0 unspecified atom stereocenters. The number of hydrogen-bond acceptors (Lipinski definition) is 11. The number of carboxylic acid groups (broad SMARTS) is 1. The van der Waals surface area contributed by atoms with Crippen molar-refractivity contribution in [1.29, 1.82) is 0 Å². The maximum atomic E-state index is 12.4. The molecule has 1 aliphatic heterocycles. The standard InChI is InChI=1S/C20H27N5O7S2/c1-12-10-31-7-6-24(12)15-8-13(11-34(5,29)30)22-16(23-15)14-9-21-17(33-14)25(18(26)27)19(28)32-20(2,3)4/h8-9,12H,6-7,10-11H2,1-5H3,(H,26,27)/t12-/m0/s1. The first kappa shape index (κ1) is 25.8. The Labute approximate surface area is 201 Å². The third kappa shape index (κ3) is 6.61. The molecule has 186 valence electrons. The van der Waals surface area contributed by atoms with E-state index >= 15 is 0 Å². The number of carbonyl (C=O) groups excluding carboxylic acids is 1. The monoisotopic (exact) mass is 513 g/mol. The van der Waals surface area contributed by atoms with Crippen LogP contribution in [0.2, 0.25) is 0 Å². The highest BCUT2D eigenvalue weighted by atomic mass is 32.2. The van der Waals surface area contributed by atoms with Crippen molar-refractivity contribution in [3.63, 3.8) is 0 Å². The number of morpholine rings is 1. The summed E-state index contributed by atoms with van der Waals surface area (Å²) in [6.07, 6.45) is -0.186. The normalized spacial score (nSPS) is 16.9. The van der Waals surface area contributed by atoms with Crippen molar-refractivity contribution >= 4 is 44.3 Å². The summed E-state index contributed by atoms with van der Waals surface area (Å²) in [4.78, 5) is 40.0. The minimum atomic E-state index is -3.38. The highest BCUT2D eigenvalue weighted by Crippen LogP contribution is 2.32. The van der Waals surface area contributed by atoms with Gasteiger partial charge in [0.15, 0.2) is 15.7 Å². The van der Waals surface area contributed by atoms with E-state index in [1.54, 1.807) is 26.8 Å². The van der Waals surface area contributed by atoms with Gasteiger partial charge in [0.2, 0.25) is 5.13 Å². The fraction of sp³-hybridized carbons (Fsp3) is 0.550. The summed E-state index contributed by atoms with van der Waals surface area (Å²) in [6, 6.07) is 1.63. The molecule has 0 radical (unpaired) electrons. The Morgan fingerprint density at radius 2 is 2.06 bits per heavy atom. The number of imide groups is 1. The molecule has 2 amide bonds. The molecule has 3 rings (SSSR count). The van der Waals surface area contributed by atoms with E-state index in [0.717, 1.165) is 17.6 Å². The first-order valence-electron chi connectivity index (χ1n) is 10.4. The van der Waals surface area contributed by atoms with Crippen LogP contribution in [0.3, 0.4) is 0 Å². The largest absolute Gasteiger partial charge is 0.464 e. The number of ether oxygens (including phenoxy) is 2. The molecule has 0 aliphatic carbocycles. The minimum absolute atomic E-state index is 0.00859. The molecule has 34 heavy (non-hydrogen) atoms. The van der Waals surface area contributed by atoms with Crippen LogP contribution < -0.4 is 9.80 Å². The van der Waals surface area contributed by atoms with Crippen LogP contribution in [0.25, 0.3) is 10.7 Å². The Morgan fingerprint density at radius 3 is 2.65 bits per heavy atom. The second-order valence-corrected chi connectivity index (χ2v) is 12.0. The van der Waals surface area contributed by atoms with Crippen molar-refractivity contribution in [3.05, 3.63) is 18.0 Å². The molecular formula is C20H27N5O7S2. The maximum absolute atomic E-state index is 12.4. The van der Waals surface area contributed by atoms with Crippen LogP contribution in [-0.2, 0) is 25.1 Å². The molecule has 14 heteroatoms. The zero-order chi connectivity index (χ0) is 25.3. The van der Waals surface area contributed by atoms with Gasteiger partial charge in [-0.1, -0.05) is 11.3 Å². The third-order valence-corrected chi connectivity index (χ3v) is 6.31. The van der Waals surface area contributed by atoms with Gasteiger partial charge in [-0.25, -0.2) is 33.0 Å². The van der Waals surface area contributed by atoms with Crippen molar-refractivity contribution in [2.75, 3.05) is 35.8 Å². The summed E-state index contributed by atoms with van der Waals surface area (Å²) < 4.78 is 34.5. The molecule has 3 heterocycles. The van der Waals surface area contributed by atoms with Gasteiger partial charge in [-0.3, -0.25) is 0 Å². The van der Waals surface area contributed by atoms with Crippen molar-refractivity contribution in [3.8, 4) is 10.7 Å². The molecule has 1 fully saturated rings. The van der Waals surface area contributed by atoms with E-state index in [1.165, 1.54) is 6.20 Å². The summed E-state index contributed by atoms with van der Waals surface area (Å²) in [7, 11) is -3.38. The summed E-state index contributed by atoms with van der Waals surface area (Å²) in [5.41, 5.74) is -0.615. The molecule has 1 N–H and O–H groups in total.